The van der Waals surface area contributed by atoms with E-state index in [1.807, 2.05) is 13.8 Å². The van der Waals surface area contributed by atoms with Gasteiger partial charge in [0.1, 0.15) is 5.82 Å². The highest BCUT2D eigenvalue weighted by molar-refractivity contribution is 5.66. The second-order valence-corrected chi connectivity index (χ2v) is 2.95. The van der Waals surface area contributed by atoms with Crippen LogP contribution in [-0.2, 0) is 0 Å². The summed E-state index contributed by atoms with van der Waals surface area (Å²) in [4.78, 5) is 0. The Morgan fingerprint density at radius 1 is 1.36 bits per heavy atom. The van der Waals surface area contributed by atoms with E-state index in [0.29, 0.717) is 17.4 Å². The van der Waals surface area contributed by atoms with E-state index in [0.717, 1.165) is 5.56 Å². The molecule has 0 aliphatic heterocycles. The molecule has 0 aliphatic carbocycles. The third-order valence-electron chi connectivity index (χ3n) is 1.77. The van der Waals surface area contributed by atoms with E-state index in [4.69, 9.17) is 17.3 Å². The first-order valence-electron chi connectivity index (χ1n) is 3.55. The summed E-state index contributed by atoms with van der Waals surface area (Å²) in [5.41, 5.74) is 12.8. The van der Waals surface area contributed by atoms with Crippen molar-refractivity contribution < 1.29 is 0 Å². The number of nitrogens with two attached hydrogens (primary N) is 3. The van der Waals surface area contributed by atoms with Crippen LogP contribution < -0.4 is 17.3 Å². The summed E-state index contributed by atoms with van der Waals surface area (Å²) in [6.45, 7) is 4.09. The number of anilines is 2. The van der Waals surface area contributed by atoms with E-state index in [1.54, 1.807) is 6.20 Å². The van der Waals surface area contributed by atoms with Crippen molar-refractivity contribution in [2.75, 3.05) is 17.3 Å². The number of aromatic nitrogens is 1. The van der Waals surface area contributed by atoms with Crippen molar-refractivity contribution in [2.24, 2.45) is 0 Å². The number of hydrogen-bond acceptors (Lipinski definition) is 3. The topological polar surface area (TPSA) is 83.0 Å². The number of rotatable bonds is 1. The Balaban J connectivity index is 3.19. The SMILES string of the molecule is CC(C)c1cn(N)c(N)c1N. The van der Waals surface area contributed by atoms with E-state index < -0.39 is 0 Å². The van der Waals surface area contributed by atoms with Gasteiger partial charge in [0.15, 0.2) is 0 Å². The molecule has 0 atom stereocenters. The third kappa shape index (κ3) is 1.11. The van der Waals surface area contributed by atoms with Crippen LogP contribution in [0.2, 0.25) is 0 Å². The van der Waals surface area contributed by atoms with Crippen LogP contribution in [0.15, 0.2) is 6.20 Å². The molecule has 0 aromatic carbocycles. The Kier molecular flexibility index (Phi) is 1.68. The van der Waals surface area contributed by atoms with Gasteiger partial charge in [0.2, 0.25) is 0 Å². The zero-order valence-electron chi connectivity index (χ0n) is 6.83. The van der Waals surface area contributed by atoms with Gasteiger partial charge in [0, 0.05) is 6.20 Å². The van der Waals surface area contributed by atoms with E-state index >= 15 is 0 Å². The predicted molar refractivity (Wildman–Crippen MR) is 47.5 cm³/mol. The molecule has 0 saturated carbocycles. The summed E-state index contributed by atoms with van der Waals surface area (Å²) in [7, 11) is 0. The molecule has 1 aromatic heterocycles. The lowest BCUT2D eigenvalue weighted by molar-refractivity contribution is 0.862. The molecular weight excluding hydrogens is 140 g/mol. The van der Waals surface area contributed by atoms with E-state index in [2.05, 4.69) is 0 Å². The Hall–Kier alpha value is -1.32. The Morgan fingerprint density at radius 2 is 1.91 bits per heavy atom. The van der Waals surface area contributed by atoms with Crippen molar-refractivity contribution in [3.05, 3.63) is 11.8 Å². The van der Waals surface area contributed by atoms with E-state index in [1.165, 1.54) is 4.68 Å². The smallest absolute Gasteiger partial charge is 0.145 e. The van der Waals surface area contributed by atoms with Gasteiger partial charge in [-0.15, -0.1) is 0 Å². The molecule has 0 bridgehead atoms. The van der Waals surface area contributed by atoms with Crippen LogP contribution in [0.25, 0.3) is 0 Å². The second-order valence-electron chi connectivity index (χ2n) is 2.95. The van der Waals surface area contributed by atoms with Gasteiger partial charge in [-0.05, 0) is 11.5 Å². The average molecular weight is 154 g/mol. The zero-order valence-corrected chi connectivity index (χ0v) is 6.83. The fourth-order valence-corrected chi connectivity index (χ4v) is 1.04. The summed E-state index contributed by atoms with van der Waals surface area (Å²) in [5, 5.41) is 0. The lowest BCUT2D eigenvalue weighted by atomic mass is 10.1. The molecular formula is C7H14N4. The van der Waals surface area contributed by atoms with Gasteiger partial charge < -0.3 is 17.3 Å². The first-order valence-corrected chi connectivity index (χ1v) is 3.55. The number of nitrogens with zero attached hydrogens (tertiary/aromatic N) is 1. The van der Waals surface area contributed by atoms with Gasteiger partial charge >= 0.3 is 0 Å². The lowest BCUT2D eigenvalue weighted by Gasteiger charge is -2.01. The highest BCUT2D eigenvalue weighted by Crippen LogP contribution is 2.27. The maximum atomic E-state index is 5.68. The van der Waals surface area contributed by atoms with E-state index in [-0.39, 0.29) is 0 Å². The van der Waals surface area contributed by atoms with Crippen LogP contribution in [0.4, 0.5) is 11.5 Å². The minimum Gasteiger partial charge on any atom is -0.395 e. The van der Waals surface area contributed by atoms with E-state index in [9.17, 15) is 0 Å². The minimum absolute atomic E-state index is 0.363. The normalized spacial score (nSPS) is 10.8. The molecule has 4 heteroatoms. The van der Waals surface area contributed by atoms with Crippen molar-refractivity contribution in [1.29, 1.82) is 0 Å². The maximum Gasteiger partial charge on any atom is 0.145 e. The Labute approximate surface area is 65.9 Å². The van der Waals surface area contributed by atoms with Gasteiger partial charge in [-0.3, -0.25) is 4.68 Å². The second kappa shape index (κ2) is 2.38. The molecule has 0 spiro atoms. The summed E-state index contributed by atoms with van der Waals surface area (Å²) < 4.78 is 1.35. The number of hydrogen-bond donors (Lipinski definition) is 3. The van der Waals surface area contributed by atoms with Gasteiger partial charge in [0.05, 0.1) is 5.69 Å². The molecule has 0 saturated heterocycles. The molecule has 0 radical (unpaired) electrons. The molecule has 62 valence electrons. The van der Waals surface area contributed by atoms with Crippen LogP contribution in [0.5, 0.6) is 0 Å². The van der Waals surface area contributed by atoms with Gasteiger partial charge in [-0.25, -0.2) is 0 Å². The summed E-state index contributed by atoms with van der Waals surface area (Å²) in [6.07, 6.45) is 1.76. The Bertz CT molecular complexity index is 262. The lowest BCUT2D eigenvalue weighted by Crippen LogP contribution is -2.10. The zero-order chi connectivity index (χ0) is 8.59. The average Bonchev–Trinajstić information content (AvgIpc) is 2.17. The molecule has 0 fully saturated rings. The summed E-state index contributed by atoms with van der Waals surface area (Å²) in [6, 6.07) is 0. The standard InChI is InChI=1S/C7H14N4/c1-4(2)5-3-11(10)7(9)6(5)8/h3-4H,8-10H2,1-2H3. The third-order valence-corrected chi connectivity index (χ3v) is 1.77. The van der Waals surface area contributed by atoms with Crippen LogP contribution in [0, 0.1) is 0 Å². The first kappa shape index (κ1) is 7.78. The largest absolute Gasteiger partial charge is 0.395 e. The summed E-state index contributed by atoms with van der Waals surface area (Å²) >= 11 is 0. The quantitative estimate of drug-likeness (QED) is 0.515. The van der Waals surface area contributed by atoms with Crippen molar-refractivity contribution in [2.45, 2.75) is 19.8 Å². The molecule has 1 aromatic rings. The van der Waals surface area contributed by atoms with Crippen LogP contribution in [-0.4, -0.2) is 4.68 Å². The fraction of sp³-hybridized carbons (Fsp3) is 0.429. The van der Waals surface area contributed by atoms with Crippen LogP contribution in [0.3, 0.4) is 0 Å². The first-order chi connectivity index (χ1) is 5.04. The van der Waals surface area contributed by atoms with Crippen molar-refractivity contribution in [3.63, 3.8) is 0 Å². The predicted octanol–water partition coefficient (Wildman–Crippen LogP) is 0.490. The molecule has 0 unspecified atom stereocenters. The van der Waals surface area contributed by atoms with Crippen molar-refractivity contribution in [1.82, 2.24) is 4.68 Å². The van der Waals surface area contributed by atoms with Crippen LogP contribution >= 0.6 is 0 Å². The molecule has 0 aliphatic rings. The maximum absolute atomic E-state index is 5.68. The molecule has 1 rings (SSSR count). The van der Waals surface area contributed by atoms with Gasteiger partial charge in [0.25, 0.3) is 0 Å². The molecule has 0 amide bonds. The monoisotopic (exact) mass is 154 g/mol. The van der Waals surface area contributed by atoms with Gasteiger partial charge in [-0.2, -0.15) is 0 Å². The number of nitrogen functional groups attached to an aromatic ring is 3. The fourth-order valence-electron chi connectivity index (χ4n) is 1.04. The highest BCUT2D eigenvalue weighted by atomic mass is 15.3. The highest BCUT2D eigenvalue weighted by Gasteiger charge is 2.10. The molecule has 11 heavy (non-hydrogen) atoms. The molecule has 6 N–H and O–H groups in total. The minimum atomic E-state index is 0.363. The Morgan fingerprint density at radius 3 is 2.09 bits per heavy atom. The summed E-state index contributed by atoms with van der Waals surface area (Å²) in [5.74, 6) is 6.29. The van der Waals surface area contributed by atoms with Crippen molar-refractivity contribution in [3.8, 4) is 0 Å². The van der Waals surface area contributed by atoms with Crippen molar-refractivity contribution >= 4 is 11.5 Å². The van der Waals surface area contributed by atoms with Gasteiger partial charge in [-0.1, -0.05) is 13.8 Å². The van der Waals surface area contributed by atoms with Crippen LogP contribution in [0.1, 0.15) is 25.3 Å². The molecule has 4 nitrogen and oxygen atoms in total. The molecule has 1 heterocycles.